The maximum Gasteiger partial charge on any atom is 0.620 e. The number of hydrogen-bond acceptors (Lipinski definition) is 9. The Morgan fingerprint density at radius 3 is 2.15 bits per heavy atom. The van der Waals surface area contributed by atoms with Crippen LogP contribution < -0.4 is 0 Å². The van der Waals surface area contributed by atoms with Crippen molar-refractivity contribution in [2.24, 2.45) is 5.92 Å². The standard InChI is InChI=1S/C8H17O10P2/c9-7(10)5-8(11,6-1-2-6)3-4-17-20(15,16)18-19(12,13)14/h6,11-16H,1-5H2/q+1/p+1. The Labute approximate surface area is 115 Å². The molecule has 118 valence electrons. The summed E-state index contributed by atoms with van der Waals surface area (Å²) in [6.07, 6.45) is 0.611. The molecule has 1 fully saturated rings. The minimum atomic E-state index is -4.88. The fourth-order valence-corrected chi connectivity index (χ4v) is 3.49. The topological polar surface area (TPSA) is 177 Å². The molecule has 0 aromatic rings. The summed E-state index contributed by atoms with van der Waals surface area (Å²) in [5.74, 6) is -1.40. The Hall–Kier alpha value is 0.01000. The van der Waals surface area contributed by atoms with Crippen LogP contribution in [0.5, 0.6) is 0 Å². The van der Waals surface area contributed by atoms with Crippen LogP contribution in [0.1, 0.15) is 25.7 Å². The fraction of sp³-hybridized carbons (Fsp3) is 0.875. The highest BCUT2D eigenvalue weighted by Crippen LogP contribution is 2.67. The Morgan fingerprint density at radius 1 is 1.20 bits per heavy atom. The third-order valence-electron chi connectivity index (χ3n) is 2.80. The predicted octanol–water partition coefficient (Wildman–Crippen LogP) is -0.658. The van der Waals surface area contributed by atoms with E-state index < -0.39 is 40.9 Å². The molecule has 0 bridgehead atoms. The first kappa shape index (κ1) is 18.1. The SMILES string of the molecule is O=C(O)CC(O)(CCO[P+](O)(O)O[P+](O)(O)O)C1CC1. The zero-order valence-electron chi connectivity index (χ0n) is 10.4. The quantitative estimate of drug-likeness (QED) is 0.267. The van der Waals surface area contributed by atoms with Crippen LogP contribution in [0.25, 0.3) is 0 Å². The molecule has 1 aliphatic rings. The summed E-state index contributed by atoms with van der Waals surface area (Å²) in [7, 11) is -9.53. The predicted molar refractivity (Wildman–Crippen MR) is 66.5 cm³/mol. The summed E-state index contributed by atoms with van der Waals surface area (Å²) in [6, 6.07) is 0. The zero-order chi connectivity index (χ0) is 15.6. The first-order chi connectivity index (χ1) is 8.94. The van der Waals surface area contributed by atoms with E-state index in [4.69, 9.17) is 29.6 Å². The van der Waals surface area contributed by atoms with E-state index in [1.165, 1.54) is 0 Å². The Morgan fingerprint density at radius 2 is 1.75 bits per heavy atom. The van der Waals surface area contributed by atoms with Gasteiger partial charge >= 0.3 is 22.3 Å². The summed E-state index contributed by atoms with van der Waals surface area (Å²) in [4.78, 5) is 54.6. The van der Waals surface area contributed by atoms with Gasteiger partial charge in [0, 0.05) is 6.42 Å². The van der Waals surface area contributed by atoms with Crippen molar-refractivity contribution >= 4 is 22.3 Å². The Balaban J connectivity index is 2.46. The molecule has 0 aliphatic heterocycles. The summed E-state index contributed by atoms with van der Waals surface area (Å²) in [5, 5.41) is 18.9. The Bertz CT molecular complexity index is 352. The van der Waals surface area contributed by atoms with E-state index >= 15 is 0 Å². The van der Waals surface area contributed by atoms with Crippen LogP contribution in [0.15, 0.2) is 0 Å². The van der Waals surface area contributed by atoms with Crippen LogP contribution in [0.2, 0.25) is 0 Å². The molecule has 0 saturated heterocycles. The first-order valence-corrected chi connectivity index (χ1v) is 8.75. The van der Waals surface area contributed by atoms with Gasteiger partial charge in [0.15, 0.2) is 0 Å². The molecule has 1 saturated carbocycles. The molecule has 10 nitrogen and oxygen atoms in total. The van der Waals surface area contributed by atoms with Crippen molar-refractivity contribution in [2.75, 3.05) is 6.61 Å². The molecule has 12 heteroatoms. The van der Waals surface area contributed by atoms with Gasteiger partial charge in [-0.15, -0.1) is 0 Å². The molecule has 0 amide bonds. The molecule has 1 rings (SSSR count). The number of carbonyl (C=O) groups is 1. The average Bonchev–Trinajstić information content (AvgIpc) is 2.93. The number of carboxylic acid groups (broad SMARTS) is 1. The number of aliphatic hydroxyl groups is 1. The van der Waals surface area contributed by atoms with Crippen molar-refractivity contribution in [3.05, 3.63) is 0 Å². The lowest BCUT2D eigenvalue weighted by Crippen LogP contribution is -2.35. The van der Waals surface area contributed by atoms with Crippen molar-refractivity contribution in [3.63, 3.8) is 0 Å². The van der Waals surface area contributed by atoms with Gasteiger partial charge in [-0.3, -0.25) is 4.79 Å². The van der Waals surface area contributed by atoms with Crippen LogP contribution in [0.4, 0.5) is 0 Å². The van der Waals surface area contributed by atoms with E-state index in [-0.39, 0.29) is 12.3 Å². The lowest BCUT2D eigenvalue weighted by atomic mass is 9.90. The van der Waals surface area contributed by atoms with Gasteiger partial charge in [0.1, 0.15) is 6.61 Å². The molecular weight excluding hydrogens is 318 g/mol. The van der Waals surface area contributed by atoms with Gasteiger partial charge in [-0.2, -0.15) is 29.0 Å². The van der Waals surface area contributed by atoms with E-state index in [0.717, 1.165) is 0 Å². The van der Waals surface area contributed by atoms with E-state index in [9.17, 15) is 9.90 Å². The largest absolute Gasteiger partial charge is 0.620 e. The smallest absolute Gasteiger partial charge is 0.481 e. The van der Waals surface area contributed by atoms with Crippen molar-refractivity contribution in [2.45, 2.75) is 31.3 Å². The molecule has 1 aliphatic carbocycles. The minimum absolute atomic E-state index is 0.201. The molecule has 0 heterocycles. The Kier molecular flexibility index (Phi) is 5.79. The van der Waals surface area contributed by atoms with Crippen molar-refractivity contribution in [1.29, 1.82) is 0 Å². The number of carboxylic acids is 1. The highest BCUT2D eigenvalue weighted by atomic mass is 31.3. The monoisotopic (exact) mass is 336 g/mol. The second-order valence-electron chi connectivity index (χ2n) is 4.62. The van der Waals surface area contributed by atoms with Crippen LogP contribution in [0.3, 0.4) is 0 Å². The van der Waals surface area contributed by atoms with Gasteiger partial charge in [-0.05, 0) is 18.8 Å². The van der Waals surface area contributed by atoms with E-state index in [0.29, 0.717) is 12.8 Å². The zero-order valence-corrected chi connectivity index (χ0v) is 12.2. The lowest BCUT2D eigenvalue weighted by molar-refractivity contribution is -0.144. The second-order valence-corrected chi connectivity index (χ2v) is 7.54. The molecule has 7 N–H and O–H groups in total. The number of aliphatic carboxylic acids is 1. The van der Waals surface area contributed by atoms with Gasteiger partial charge < -0.3 is 10.2 Å². The van der Waals surface area contributed by atoms with E-state index in [2.05, 4.69) is 8.83 Å². The summed E-state index contributed by atoms with van der Waals surface area (Å²) >= 11 is 0. The fourth-order valence-electron chi connectivity index (χ4n) is 1.83. The van der Waals surface area contributed by atoms with Crippen LogP contribution in [-0.4, -0.2) is 52.9 Å². The summed E-state index contributed by atoms with van der Waals surface area (Å²) < 4.78 is 8.23. The van der Waals surface area contributed by atoms with E-state index in [1.54, 1.807) is 0 Å². The van der Waals surface area contributed by atoms with Crippen molar-refractivity contribution in [3.8, 4) is 0 Å². The molecule has 0 radical (unpaired) electrons. The van der Waals surface area contributed by atoms with Crippen LogP contribution >= 0.6 is 16.3 Å². The summed E-state index contributed by atoms with van der Waals surface area (Å²) in [6.45, 7) is -0.485. The van der Waals surface area contributed by atoms with Crippen molar-refractivity contribution < 1.29 is 48.3 Å². The summed E-state index contributed by atoms with van der Waals surface area (Å²) in [5.41, 5.74) is -1.53. The lowest BCUT2D eigenvalue weighted by Gasteiger charge is -2.25. The minimum Gasteiger partial charge on any atom is -0.481 e. The maximum absolute atomic E-state index is 10.7. The van der Waals surface area contributed by atoms with Crippen LogP contribution in [-0.2, 0) is 13.6 Å². The third-order valence-corrected chi connectivity index (χ3v) is 5.05. The van der Waals surface area contributed by atoms with Gasteiger partial charge in [-0.1, -0.05) is 0 Å². The maximum atomic E-state index is 10.7. The third kappa shape index (κ3) is 6.64. The normalized spacial score (nSPS) is 19.7. The molecule has 20 heavy (non-hydrogen) atoms. The molecule has 0 aromatic carbocycles. The van der Waals surface area contributed by atoms with E-state index in [1.807, 2.05) is 0 Å². The van der Waals surface area contributed by atoms with Crippen LogP contribution in [0, 0.1) is 5.92 Å². The molecular formula is C8H18O10P2+2. The molecule has 1 atom stereocenters. The highest BCUT2D eigenvalue weighted by Gasteiger charge is 2.58. The average molecular weight is 336 g/mol. The molecule has 0 aromatic heterocycles. The van der Waals surface area contributed by atoms with Gasteiger partial charge in [-0.25, -0.2) is 0 Å². The highest BCUT2D eigenvalue weighted by molar-refractivity contribution is 7.67. The van der Waals surface area contributed by atoms with Gasteiger partial charge in [0.25, 0.3) is 0 Å². The van der Waals surface area contributed by atoms with Crippen molar-refractivity contribution in [1.82, 2.24) is 0 Å². The van der Waals surface area contributed by atoms with Gasteiger partial charge in [0.05, 0.1) is 16.3 Å². The number of rotatable bonds is 9. The molecule has 0 spiro atoms. The second kappa shape index (κ2) is 6.41. The first-order valence-electron chi connectivity index (χ1n) is 5.65. The number of hydrogen-bond donors (Lipinski definition) is 7. The molecule has 1 unspecified atom stereocenters. The van der Waals surface area contributed by atoms with Gasteiger partial charge in [0.2, 0.25) is 0 Å².